The van der Waals surface area contributed by atoms with Gasteiger partial charge >= 0.3 is 5.97 Å². The summed E-state index contributed by atoms with van der Waals surface area (Å²) in [6.07, 6.45) is -0.956. The van der Waals surface area contributed by atoms with Crippen LogP contribution in [0.15, 0.2) is 48.5 Å². The number of anilines is 1. The molecule has 0 saturated carbocycles. The van der Waals surface area contributed by atoms with Crippen LogP contribution >= 0.6 is 11.3 Å². The van der Waals surface area contributed by atoms with E-state index in [9.17, 15) is 14.0 Å². The summed E-state index contributed by atoms with van der Waals surface area (Å²) in [4.78, 5) is 26.8. The van der Waals surface area contributed by atoms with Gasteiger partial charge in [-0.1, -0.05) is 24.3 Å². The Morgan fingerprint density at radius 3 is 2.46 bits per heavy atom. The molecule has 0 bridgehead atoms. The average Bonchev–Trinajstić information content (AvgIpc) is 2.99. The van der Waals surface area contributed by atoms with Crippen molar-refractivity contribution in [3.63, 3.8) is 0 Å². The van der Waals surface area contributed by atoms with Crippen molar-refractivity contribution in [2.45, 2.75) is 20.0 Å². The zero-order chi connectivity index (χ0) is 18.8. The number of thiophene rings is 1. The molecule has 0 aliphatic rings. The number of para-hydroxylation sites is 1. The third-order valence-electron chi connectivity index (χ3n) is 4.19. The SMILES string of the molecule is Cc1c(C(=O)O[C@@H](C)C(=O)N(C)c2ccccc2)sc2cccc(F)c12. The lowest BCUT2D eigenvalue weighted by molar-refractivity contribution is -0.126. The van der Waals surface area contributed by atoms with Gasteiger partial charge in [0.05, 0.1) is 0 Å². The van der Waals surface area contributed by atoms with E-state index < -0.39 is 12.1 Å². The van der Waals surface area contributed by atoms with E-state index in [1.165, 1.54) is 29.2 Å². The molecule has 26 heavy (non-hydrogen) atoms. The summed E-state index contributed by atoms with van der Waals surface area (Å²) < 4.78 is 20.0. The van der Waals surface area contributed by atoms with E-state index in [1.54, 1.807) is 38.2 Å². The topological polar surface area (TPSA) is 46.6 Å². The Morgan fingerprint density at radius 1 is 1.12 bits per heavy atom. The molecule has 134 valence electrons. The van der Waals surface area contributed by atoms with Crippen LogP contribution in [0.25, 0.3) is 10.1 Å². The first-order valence-electron chi connectivity index (χ1n) is 8.11. The number of rotatable bonds is 4. The van der Waals surface area contributed by atoms with Crippen molar-refractivity contribution in [1.29, 1.82) is 0 Å². The van der Waals surface area contributed by atoms with Crippen LogP contribution in [0.2, 0.25) is 0 Å². The third-order valence-corrected chi connectivity index (χ3v) is 5.43. The third kappa shape index (κ3) is 3.32. The minimum absolute atomic E-state index is 0.312. The van der Waals surface area contributed by atoms with Crippen LogP contribution in [0.1, 0.15) is 22.2 Å². The molecule has 0 aliphatic heterocycles. The van der Waals surface area contributed by atoms with Crippen molar-refractivity contribution in [1.82, 2.24) is 0 Å². The first kappa shape index (κ1) is 18.1. The van der Waals surface area contributed by atoms with E-state index >= 15 is 0 Å². The van der Waals surface area contributed by atoms with Crippen molar-refractivity contribution in [2.75, 3.05) is 11.9 Å². The van der Waals surface area contributed by atoms with Crippen molar-refractivity contribution >= 4 is 39.0 Å². The molecule has 1 atom stereocenters. The van der Waals surface area contributed by atoms with Crippen molar-refractivity contribution < 1.29 is 18.7 Å². The lowest BCUT2D eigenvalue weighted by Gasteiger charge is -2.21. The van der Waals surface area contributed by atoms with Crippen molar-refractivity contribution in [3.8, 4) is 0 Å². The predicted octanol–water partition coefficient (Wildman–Crippen LogP) is 4.56. The quantitative estimate of drug-likeness (QED) is 0.632. The summed E-state index contributed by atoms with van der Waals surface area (Å²) in [5.41, 5.74) is 1.24. The fourth-order valence-corrected chi connectivity index (χ4v) is 3.87. The molecule has 1 amide bonds. The van der Waals surface area contributed by atoms with Crippen LogP contribution in [-0.4, -0.2) is 25.0 Å². The number of fused-ring (bicyclic) bond motifs is 1. The Balaban J connectivity index is 1.78. The number of esters is 1. The van der Waals surface area contributed by atoms with Gasteiger partial charge in [-0.05, 0) is 43.7 Å². The number of aryl methyl sites for hydroxylation is 1. The molecule has 3 rings (SSSR count). The van der Waals surface area contributed by atoms with Gasteiger partial charge in [0.1, 0.15) is 10.7 Å². The minimum Gasteiger partial charge on any atom is -0.448 e. The second kappa shape index (κ2) is 7.25. The van der Waals surface area contributed by atoms with E-state index in [0.717, 1.165) is 0 Å². The van der Waals surface area contributed by atoms with Gasteiger partial charge in [0.15, 0.2) is 6.10 Å². The largest absolute Gasteiger partial charge is 0.448 e. The monoisotopic (exact) mass is 371 g/mol. The average molecular weight is 371 g/mol. The van der Waals surface area contributed by atoms with Gasteiger partial charge in [0, 0.05) is 22.8 Å². The van der Waals surface area contributed by atoms with Gasteiger partial charge in [0.25, 0.3) is 5.91 Å². The molecule has 0 fully saturated rings. The van der Waals surface area contributed by atoms with E-state index in [1.807, 2.05) is 18.2 Å². The molecular formula is C20H18FNO3S. The van der Waals surface area contributed by atoms with Crippen molar-refractivity contribution in [3.05, 3.63) is 64.8 Å². The highest BCUT2D eigenvalue weighted by molar-refractivity contribution is 7.21. The van der Waals surface area contributed by atoms with E-state index in [-0.39, 0.29) is 11.7 Å². The Labute approximate surface area is 154 Å². The van der Waals surface area contributed by atoms with Gasteiger partial charge in [-0.2, -0.15) is 0 Å². The van der Waals surface area contributed by atoms with Gasteiger partial charge in [0.2, 0.25) is 0 Å². The summed E-state index contributed by atoms with van der Waals surface area (Å²) in [5, 5.41) is 0.421. The normalized spacial score (nSPS) is 12.0. The number of likely N-dealkylation sites (N-methyl/N-ethyl adjacent to an activating group) is 1. The molecule has 0 spiro atoms. The molecule has 0 aliphatic carbocycles. The molecule has 0 saturated heterocycles. The second-order valence-electron chi connectivity index (χ2n) is 5.95. The van der Waals surface area contributed by atoms with Crippen LogP contribution in [0.3, 0.4) is 0 Å². The maximum atomic E-state index is 14.0. The number of halogens is 1. The number of hydrogen-bond acceptors (Lipinski definition) is 4. The zero-order valence-corrected chi connectivity index (χ0v) is 15.5. The molecule has 0 N–H and O–H groups in total. The highest BCUT2D eigenvalue weighted by Gasteiger charge is 2.26. The summed E-state index contributed by atoms with van der Waals surface area (Å²) >= 11 is 1.17. The Hall–Kier alpha value is -2.73. The Morgan fingerprint density at radius 2 is 1.81 bits per heavy atom. The number of carbonyl (C=O) groups excluding carboxylic acids is 2. The number of carbonyl (C=O) groups is 2. The smallest absolute Gasteiger partial charge is 0.349 e. The highest BCUT2D eigenvalue weighted by Crippen LogP contribution is 2.33. The Kier molecular flexibility index (Phi) is 5.04. The lowest BCUT2D eigenvalue weighted by atomic mass is 10.1. The molecule has 1 heterocycles. The first-order chi connectivity index (χ1) is 12.4. The van der Waals surface area contributed by atoms with Crippen LogP contribution in [0, 0.1) is 12.7 Å². The van der Waals surface area contributed by atoms with Crippen LogP contribution in [0.5, 0.6) is 0 Å². The van der Waals surface area contributed by atoms with Crippen LogP contribution in [0.4, 0.5) is 10.1 Å². The lowest BCUT2D eigenvalue weighted by Crippen LogP contribution is -2.37. The molecule has 2 aromatic carbocycles. The molecule has 0 radical (unpaired) electrons. The molecule has 4 nitrogen and oxygen atoms in total. The Bertz CT molecular complexity index is 968. The summed E-state index contributed by atoms with van der Waals surface area (Å²) in [7, 11) is 1.63. The number of amides is 1. The minimum atomic E-state index is -0.956. The molecular weight excluding hydrogens is 353 g/mol. The maximum Gasteiger partial charge on any atom is 0.349 e. The molecule has 1 aromatic heterocycles. The first-order valence-corrected chi connectivity index (χ1v) is 8.93. The molecule has 3 aromatic rings. The highest BCUT2D eigenvalue weighted by atomic mass is 32.1. The summed E-state index contributed by atoms with van der Waals surface area (Å²) in [6, 6.07) is 13.8. The second-order valence-corrected chi connectivity index (χ2v) is 7.00. The maximum absolute atomic E-state index is 14.0. The van der Waals surface area contributed by atoms with Gasteiger partial charge in [-0.25, -0.2) is 9.18 Å². The standard InChI is InChI=1S/C20H18FNO3S/c1-12-17-15(21)10-7-11-16(17)26-18(12)20(24)25-13(2)19(23)22(3)14-8-5-4-6-9-14/h4-11,13H,1-3H3/t13-/m0/s1. The van der Waals surface area contributed by atoms with Gasteiger partial charge in [-0.15, -0.1) is 11.3 Å². The number of hydrogen-bond donors (Lipinski definition) is 0. The zero-order valence-electron chi connectivity index (χ0n) is 14.7. The number of nitrogens with zero attached hydrogens (tertiary/aromatic N) is 1. The fraction of sp³-hybridized carbons (Fsp3) is 0.200. The predicted molar refractivity (Wildman–Crippen MR) is 101 cm³/mol. The fourth-order valence-electron chi connectivity index (χ4n) is 2.76. The molecule has 0 unspecified atom stereocenters. The van der Waals surface area contributed by atoms with Crippen LogP contribution in [-0.2, 0) is 9.53 Å². The van der Waals surface area contributed by atoms with Gasteiger partial charge < -0.3 is 9.64 Å². The van der Waals surface area contributed by atoms with Crippen LogP contribution < -0.4 is 4.90 Å². The molecule has 6 heteroatoms. The van der Waals surface area contributed by atoms with E-state index in [0.29, 0.717) is 26.2 Å². The summed E-state index contributed by atoms with van der Waals surface area (Å²) in [6.45, 7) is 3.21. The number of benzene rings is 2. The summed E-state index contributed by atoms with van der Waals surface area (Å²) in [5.74, 6) is -1.33. The van der Waals surface area contributed by atoms with E-state index in [4.69, 9.17) is 4.74 Å². The van der Waals surface area contributed by atoms with E-state index in [2.05, 4.69) is 0 Å². The van der Waals surface area contributed by atoms with Gasteiger partial charge in [-0.3, -0.25) is 4.79 Å². The number of ether oxygens (including phenoxy) is 1. The van der Waals surface area contributed by atoms with Crippen molar-refractivity contribution in [2.24, 2.45) is 0 Å².